The summed E-state index contributed by atoms with van der Waals surface area (Å²) in [7, 11) is 0. The summed E-state index contributed by atoms with van der Waals surface area (Å²) in [5, 5.41) is 8.60. The first-order valence-corrected chi connectivity index (χ1v) is 4.85. The normalized spacial score (nSPS) is 45.7. The molecule has 4 atom stereocenters. The highest BCUT2D eigenvalue weighted by Crippen LogP contribution is 2.53. The molecule has 4 unspecified atom stereocenters. The first-order valence-electron chi connectivity index (χ1n) is 4.85. The zero-order chi connectivity index (χ0) is 10.6. The van der Waals surface area contributed by atoms with Gasteiger partial charge >= 0.3 is 11.9 Å². The molecule has 0 saturated carbocycles. The average molecular weight is 214 g/mol. The Labute approximate surface area is 85.1 Å². The zero-order valence-electron chi connectivity index (χ0n) is 7.84. The third-order valence-corrected chi connectivity index (χ3v) is 3.16. The summed E-state index contributed by atoms with van der Waals surface area (Å²) < 4.78 is 15.5. The molecule has 15 heavy (non-hydrogen) atoms. The summed E-state index contributed by atoms with van der Waals surface area (Å²) in [6.07, 6.45) is 0.469. The lowest BCUT2D eigenvalue weighted by Crippen LogP contribution is -2.43. The van der Waals surface area contributed by atoms with E-state index < -0.39 is 24.5 Å². The van der Waals surface area contributed by atoms with E-state index in [4.69, 9.17) is 19.3 Å². The zero-order valence-corrected chi connectivity index (χ0v) is 7.84. The number of hydrogen-bond donors (Lipinski definition) is 1. The van der Waals surface area contributed by atoms with Crippen LogP contribution in [0.4, 0.5) is 0 Å². The van der Waals surface area contributed by atoms with E-state index in [2.05, 4.69) is 0 Å². The summed E-state index contributed by atoms with van der Waals surface area (Å²) in [4.78, 5) is 22.4. The molecule has 3 heterocycles. The maximum absolute atomic E-state index is 11.4. The monoisotopic (exact) mass is 214 g/mol. The lowest BCUT2D eigenvalue weighted by atomic mass is 9.88. The Balaban J connectivity index is 1.87. The quantitative estimate of drug-likeness (QED) is 0.591. The van der Waals surface area contributed by atoms with Gasteiger partial charge in [0, 0.05) is 0 Å². The highest BCUT2D eigenvalue weighted by atomic mass is 16.8. The van der Waals surface area contributed by atoms with E-state index in [1.807, 2.05) is 0 Å². The van der Waals surface area contributed by atoms with Gasteiger partial charge in [0.05, 0.1) is 18.4 Å². The van der Waals surface area contributed by atoms with Crippen LogP contribution in [0.2, 0.25) is 0 Å². The van der Waals surface area contributed by atoms with Crippen molar-refractivity contribution < 1.29 is 28.9 Å². The Hall–Kier alpha value is -1.14. The minimum atomic E-state index is -1.26. The smallest absolute Gasteiger partial charge is 0.335 e. The molecule has 3 aliphatic heterocycles. The van der Waals surface area contributed by atoms with Gasteiger partial charge in [-0.1, -0.05) is 0 Å². The Morgan fingerprint density at radius 3 is 3.13 bits per heavy atom. The van der Waals surface area contributed by atoms with E-state index in [9.17, 15) is 9.59 Å². The molecule has 6 nitrogen and oxygen atoms in total. The second kappa shape index (κ2) is 2.70. The molecule has 0 radical (unpaired) electrons. The SMILES string of the molecule is O=C(CO)OC12CC3CC(C(=O)O1)C2O3. The van der Waals surface area contributed by atoms with Crippen LogP contribution >= 0.6 is 0 Å². The molecule has 6 heteroatoms. The highest BCUT2D eigenvalue weighted by Gasteiger charge is 2.70. The van der Waals surface area contributed by atoms with Gasteiger partial charge in [0.2, 0.25) is 0 Å². The van der Waals surface area contributed by atoms with Crippen molar-refractivity contribution in [2.24, 2.45) is 5.92 Å². The molecule has 3 fully saturated rings. The van der Waals surface area contributed by atoms with Crippen molar-refractivity contribution in [2.75, 3.05) is 6.61 Å². The van der Waals surface area contributed by atoms with E-state index in [0.717, 1.165) is 0 Å². The molecule has 0 aromatic carbocycles. The number of fused-ring (bicyclic) bond motifs is 1. The Bertz CT molecular complexity index is 339. The van der Waals surface area contributed by atoms with Gasteiger partial charge in [-0.25, -0.2) is 4.79 Å². The number of carbonyl (C=O) groups excluding carboxylic acids is 2. The summed E-state index contributed by atoms with van der Waals surface area (Å²) in [6.45, 7) is -0.721. The standard InChI is InChI=1S/C9H10O6/c10-3-6(11)14-9-2-4-1-5(7(9)13-4)8(12)15-9/h4-5,7,10H,1-3H2. The van der Waals surface area contributed by atoms with Crippen LogP contribution in [0.15, 0.2) is 0 Å². The van der Waals surface area contributed by atoms with Gasteiger partial charge in [0.15, 0.2) is 0 Å². The highest BCUT2D eigenvalue weighted by molar-refractivity contribution is 5.79. The molecule has 0 aromatic heterocycles. The van der Waals surface area contributed by atoms with Gasteiger partial charge in [0.1, 0.15) is 12.7 Å². The van der Waals surface area contributed by atoms with Crippen LogP contribution in [0.25, 0.3) is 0 Å². The molecule has 2 bridgehead atoms. The Kier molecular flexibility index (Phi) is 1.64. The Morgan fingerprint density at radius 1 is 1.67 bits per heavy atom. The molecule has 3 aliphatic rings. The summed E-state index contributed by atoms with van der Waals surface area (Å²) in [5.74, 6) is -2.73. The molecule has 0 aromatic rings. The molecule has 0 aliphatic carbocycles. The van der Waals surface area contributed by atoms with Crippen molar-refractivity contribution in [2.45, 2.75) is 30.8 Å². The average Bonchev–Trinajstić information content (AvgIpc) is 2.76. The van der Waals surface area contributed by atoms with Gasteiger partial charge < -0.3 is 19.3 Å². The van der Waals surface area contributed by atoms with Crippen LogP contribution in [-0.2, 0) is 23.8 Å². The van der Waals surface area contributed by atoms with E-state index >= 15 is 0 Å². The number of aliphatic hydroxyl groups excluding tert-OH is 1. The van der Waals surface area contributed by atoms with E-state index in [1.54, 1.807) is 0 Å². The van der Waals surface area contributed by atoms with Gasteiger partial charge in [-0.05, 0) is 6.42 Å². The van der Waals surface area contributed by atoms with Crippen LogP contribution in [0.3, 0.4) is 0 Å². The van der Waals surface area contributed by atoms with Crippen LogP contribution in [-0.4, -0.2) is 41.6 Å². The van der Waals surface area contributed by atoms with Crippen LogP contribution < -0.4 is 0 Å². The van der Waals surface area contributed by atoms with E-state index in [-0.39, 0.29) is 18.0 Å². The molecule has 3 saturated heterocycles. The fourth-order valence-corrected chi connectivity index (χ4v) is 2.65. The molecule has 82 valence electrons. The lowest BCUT2D eigenvalue weighted by molar-refractivity contribution is -0.222. The summed E-state index contributed by atoms with van der Waals surface area (Å²) >= 11 is 0. The van der Waals surface area contributed by atoms with Gasteiger partial charge in [-0.3, -0.25) is 4.79 Å². The first-order chi connectivity index (χ1) is 7.14. The van der Waals surface area contributed by atoms with Crippen LogP contribution in [0.1, 0.15) is 12.8 Å². The topological polar surface area (TPSA) is 82.1 Å². The van der Waals surface area contributed by atoms with Crippen molar-refractivity contribution in [3.05, 3.63) is 0 Å². The first kappa shape index (κ1) is 9.11. The third kappa shape index (κ3) is 1.06. The van der Waals surface area contributed by atoms with Crippen molar-refractivity contribution in [3.8, 4) is 0 Å². The third-order valence-electron chi connectivity index (χ3n) is 3.16. The van der Waals surface area contributed by atoms with Gasteiger partial charge in [-0.2, -0.15) is 0 Å². The second-order valence-electron chi connectivity index (χ2n) is 4.09. The fraction of sp³-hybridized carbons (Fsp3) is 0.778. The number of carbonyl (C=O) groups is 2. The van der Waals surface area contributed by atoms with Crippen LogP contribution in [0.5, 0.6) is 0 Å². The maximum Gasteiger partial charge on any atom is 0.335 e. The predicted octanol–water partition coefficient (Wildman–Crippen LogP) is -1.05. The van der Waals surface area contributed by atoms with Gasteiger partial charge in [0.25, 0.3) is 5.79 Å². The largest absolute Gasteiger partial charge is 0.419 e. The number of aliphatic hydroxyl groups is 1. The molecule has 0 spiro atoms. The maximum atomic E-state index is 11.4. The number of esters is 2. The molecular weight excluding hydrogens is 204 g/mol. The Morgan fingerprint density at radius 2 is 2.47 bits per heavy atom. The second-order valence-corrected chi connectivity index (χ2v) is 4.09. The van der Waals surface area contributed by atoms with E-state index in [1.165, 1.54) is 0 Å². The predicted molar refractivity (Wildman–Crippen MR) is 43.4 cm³/mol. The van der Waals surface area contributed by atoms with Crippen molar-refractivity contribution in [3.63, 3.8) is 0 Å². The number of ether oxygens (including phenoxy) is 3. The van der Waals surface area contributed by atoms with Gasteiger partial charge in [-0.15, -0.1) is 0 Å². The minimum absolute atomic E-state index is 0.0713. The van der Waals surface area contributed by atoms with E-state index in [0.29, 0.717) is 12.8 Å². The molecule has 0 amide bonds. The van der Waals surface area contributed by atoms with Crippen LogP contribution in [0, 0.1) is 5.92 Å². The molecule has 3 rings (SSSR count). The molecular formula is C9H10O6. The fourth-order valence-electron chi connectivity index (χ4n) is 2.65. The summed E-state index contributed by atoms with van der Waals surface area (Å²) in [6, 6.07) is 0. The van der Waals surface area contributed by atoms with Crippen molar-refractivity contribution >= 4 is 11.9 Å². The van der Waals surface area contributed by atoms with Crippen molar-refractivity contribution in [1.82, 2.24) is 0 Å². The molecule has 1 N–H and O–H groups in total. The van der Waals surface area contributed by atoms with Crippen molar-refractivity contribution in [1.29, 1.82) is 0 Å². The lowest BCUT2D eigenvalue weighted by Gasteiger charge is -2.26. The number of hydrogen-bond acceptors (Lipinski definition) is 6. The number of rotatable bonds is 2. The minimum Gasteiger partial charge on any atom is -0.419 e. The summed E-state index contributed by atoms with van der Waals surface area (Å²) in [5.41, 5.74) is 0.